The molecule has 3 aromatic carbocycles. The summed E-state index contributed by atoms with van der Waals surface area (Å²) in [6, 6.07) is 13.5. The molecule has 0 atom stereocenters. The molecule has 0 fully saturated rings. The van der Waals surface area contributed by atoms with Gasteiger partial charge in [0.05, 0.1) is 11.3 Å². The molecular formula is C24H17F3N2O2. The lowest BCUT2D eigenvalue weighted by molar-refractivity contribution is -0.120. The highest BCUT2D eigenvalue weighted by Gasteiger charge is 2.41. The number of aryl methyl sites for hydroxylation is 2. The fourth-order valence-electron chi connectivity index (χ4n) is 3.53. The maximum atomic E-state index is 13.8. The van der Waals surface area contributed by atoms with Gasteiger partial charge in [0.2, 0.25) is 0 Å². The molecule has 156 valence electrons. The summed E-state index contributed by atoms with van der Waals surface area (Å²) in [5, 5.41) is 2.90. The molecule has 4 nitrogen and oxygen atoms in total. The summed E-state index contributed by atoms with van der Waals surface area (Å²) in [5.41, 5.74) is 2.63. The van der Waals surface area contributed by atoms with Crippen LogP contribution in [0.5, 0.6) is 0 Å². The van der Waals surface area contributed by atoms with Crippen LogP contribution in [-0.4, -0.2) is 11.8 Å². The number of carbonyl (C=O) groups is 2. The molecule has 1 N–H and O–H groups in total. The minimum absolute atomic E-state index is 0.0340. The first-order valence-electron chi connectivity index (χ1n) is 9.44. The van der Waals surface area contributed by atoms with Crippen LogP contribution in [-0.2, 0) is 9.59 Å². The van der Waals surface area contributed by atoms with Crippen molar-refractivity contribution in [2.45, 2.75) is 13.8 Å². The van der Waals surface area contributed by atoms with Gasteiger partial charge in [0.1, 0.15) is 11.5 Å². The molecule has 0 aromatic heterocycles. The highest BCUT2D eigenvalue weighted by molar-refractivity contribution is 6.46. The number of hydrogen-bond donors (Lipinski definition) is 1. The fraction of sp³-hybridized carbons (Fsp3) is 0.0833. The quantitative estimate of drug-likeness (QED) is 0.594. The fourth-order valence-corrected chi connectivity index (χ4v) is 3.53. The first-order valence-corrected chi connectivity index (χ1v) is 9.44. The van der Waals surface area contributed by atoms with Crippen molar-refractivity contribution in [3.05, 3.63) is 101 Å². The van der Waals surface area contributed by atoms with Crippen molar-refractivity contribution in [2.24, 2.45) is 0 Å². The van der Waals surface area contributed by atoms with Crippen molar-refractivity contribution in [2.75, 3.05) is 10.2 Å². The third-order valence-corrected chi connectivity index (χ3v) is 5.01. The summed E-state index contributed by atoms with van der Waals surface area (Å²) in [7, 11) is 0. The molecule has 0 spiro atoms. The number of anilines is 2. The van der Waals surface area contributed by atoms with Gasteiger partial charge in [0, 0.05) is 11.8 Å². The van der Waals surface area contributed by atoms with E-state index in [0.717, 1.165) is 34.2 Å². The molecule has 0 aliphatic carbocycles. The average molecular weight is 422 g/mol. The van der Waals surface area contributed by atoms with Crippen LogP contribution < -0.4 is 10.2 Å². The monoisotopic (exact) mass is 422 g/mol. The Morgan fingerprint density at radius 1 is 0.774 bits per heavy atom. The standard InChI is InChI=1S/C24H17F3N2O2/c1-13-3-9-18(14(2)11-13)21-22(28-16-6-4-15(25)5-7-16)24(31)29(23(21)30)17-8-10-19(26)20(27)12-17/h3-12,28H,1-2H3. The Bertz CT molecular complexity index is 1250. The third-order valence-electron chi connectivity index (χ3n) is 5.01. The first kappa shape index (κ1) is 20.4. The number of carbonyl (C=O) groups excluding carboxylic acids is 2. The van der Waals surface area contributed by atoms with Crippen molar-refractivity contribution in [3.8, 4) is 0 Å². The largest absolute Gasteiger partial charge is 0.350 e. The van der Waals surface area contributed by atoms with Gasteiger partial charge in [-0.1, -0.05) is 23.8 Å². The lowest BCUT2D eigenvalue weighted by atomic mass is 9.97. The summed E-state index contributed by atoms with van der Waals surface area (Å²) in [4.78, 5) is 27.4. The molecule has 1 heterocycles. The number of hydrogen-bond acceptors (Lipinski definition) is 3. The second-order valence-corrected chi connectivity index (χ2v) is 7.24. The first-order chi connectivity index (χ1) is 14.8. The number of imide groups is 1. The molecule has 0 bridgehead atoms. The van der Waals surface area contributed by atoms with Crippen LogP contribution in [0.1, 0.15) is 16.7 Å². The topological polar surface area (TPSA) is 49.4 Å². The summed E-state index contributed by atoms with van der Waals surface area (Å²) in [6.45, 7) is 3.71. The van der Waals surface area contributed by atoms with Crippen molar-refractivity contribution in [3.63, 3.8) is 0 Å². The van der Waals surface area contributed by atoms with E-state index in [0.29, 0.717) is 11.3 Å². The summed E-state index contributed by atoms with van der Waals surface area (Å²) in [6.07, 6.45) is 0. The summed E-state index contributed by atoms with van der Waals surface area (Å²) < 4.78 is 40.5. The highest BCUT2D eigenvalue weighted by Crippen LogP contribution is 2.35. The molecule has 1 aliphatic rings. The zero-order chi connectivity index (χ0) is 22.3. The summed E-state index contributed by atoms with van der Waals surface area (Å²) >= 11 is 0. The lowest BCUT2D eigenvalue weighted by Gasteiger charge is -2.16. The Balaban J connectivity index is 1.86. The Hall–Kier alpha value is -3.87. The molecular weight excluding hydrogens is 405 g/mol. The Labute approximate surface area is 176 Å². The van der Waals surface area contributed by atoms with E-state index >= 15 is 0 Å². The maximum absolute atomic E-state index is 13.8. The normalized spacial score (nSPS) is 13.9. The van der Waals surface area contributed by atoms with Gasteiger partial charge in [-0.25, -0.2) is 18.1 Å². The smallest absolute Gasteiger partial charge is 0.282 e. The van der Waals surface area contributed by atoms with E-state index in [1.54, 1.807) is 6.07 Å². The van der Waals surface area contributed by atoms with Gasteiger partial charge < -0.3 is 5.32 Å². The number of nitrogens with zero attached hydrogens (tertiary/aromatic N) is 1. The molecule has 31 heavy (non-hydrogen) atoms. The van der Waals surface area contributed by atoms with Crippen LogP contribution in [0, 0.1) is 31.3 Å². The zero-order valence-corrected chi connectivity index (χ0v) is 16.7. The van der Waals surface area contributed by atoms with E-state index in [1.807, 2.05) is 26.0 Å². The SMILES string of the molecule is Cc1ccc(C2=C(Nc3ccc(F)cc3)C(=O)N(c3ccc(F)c(F)c3)C2=O)c(C)c1. The predicted molar refractivity (Wildman–Crippen MR) is 112 cm³/mol. The molecule has 0 unspecified atom stereocenters. The van der Waals surface area contributed by atoms with E-state index in [9.17, 15) is 22.8 Å². The van der Waals surface area contributed by atoms with Gasteiger partial charge >= 0.3 is 0 Å². The van der Waals surface area contributed by atoms with Gasteiger partial charge in [-0.05, 0) is 61.4 Å². The van der Waals surface area contributed by atoms with Crippen LogP contribution in [0.15, 0.2) is 66.4 Å². The van der Waals surface area contributed by atoms with E-state index in [4.69, 9.17) is 0 Å². The van der Waals surface area contributed by atoms with E-state index in [-0.39, 0.29) is 17.0 Å². The second kappa shape index (κ2) is 7.75. The Kier molecular flexibility index (Phi) is 5.10. The van der Waals surface area contributed by atoms with Crippen molar-refractivity contribution >= 4 is 28.8 Å². The zero-order valence-electron chi connectivity index (χ0n) is 16.7. The third kappa shape index (κ3) is 3.70. The van der Waals surface area contributed by atoms with Crippen molar-refractivity contribution < 1.29 is 22.8 Å². The molecule has 0 radical (unpaired) electrons. The highest BCUT2D eigenvalue weighted by atomic mass is 19.2. The van der Waals surface area contributed by atoms with E-state index in [2.05, 4.69) is 5.32 Å². The van der Waals surface area contributed by atoms with Crippen molar-refractivity contribution in [1.29, 1.82) is 0 Å². The van der Waals surface area contributed by atoms with Crippen LogP contribution in [0.3, 0.4) is 0 Å². The number of halogens is 3. The van der Waals surface area contributed by atoms with Gasteiger partial charge in [-0.15, -0.1) is 0 Å². The maximum Gasteiger partial charge on any atom is 0.282 e. The molecule has 1 aliphatic heterocycles. The van der Waals surface area contributed by atoms with Crippen LogP contribution >= 0.6 is 0 Å². The summed E-state index contributed by atoms with van der Waals surface area (Å²) in [5.74, 6) is -4.12. The minimum Gasteiger partial charge on any atom is -0.350 e. The molecule has 2 amide bonds. The minimum atomic E-state index is -1.17. The molecule has 0 saturated heterocycles. The average Bonchev–Trinajstić information content (AvgIpc) is 2.96. The molecule has 4 rings (SSSR count). The molecule has 0 saturated carbocycles. The van der Waals surface area contributed by atoms with Crippen LogP contribution in [0.25, 0.3) is 5.57 Å². The Morgan fingerprint density at radius 3 is 2.13 bits per heavy atom. The van der Waals surface area contributed by atoms with E-state index in [1.165, 1.54) is 24.3 Å². The van der Waals surface area contributed by atoms with Gasteiger partial charge in [-0.3, -0.25) is 9.59 Å². The van der Waals surface area contributed by atoms with Crippen LogP contribution in [0.2, 0.25) is 0 Å². The van der Waals surface area contributed by atoms with Crippen LogP contribution in [0.4, 0.5) is 24.5 Å². The number of nitrogens with one attached hydrogen (secondary N) is 1. The molecule has 7 heteroatoms. The van der Waals surface area contributed by atoms with Gasteiger partial charge in [0.25, 0.3) is 11.8 Å². The van der Waals surface area contributed by atoms with E-state index < -0.39 is 29.3 Å². The lowest BCUT2D eigenvalue weighted by Crippen LogP contribution is -2.32. The van der Waals surface area contributed by atoms with Crippen molar-refractivity contribution in [1.82, 2.24) is 0 Å². The van der Waals surface area contributed by atoms with Gasteiger partial charge in [-0.2, -0.15) is 0 Å². The number of benzene rings is 3. The molecule has 3 aromatic rings. The number of rotatable bonds is 4. The van der Waals surface area contributed by atoms with Gasteiger partial charge in [0.15, 0.2) is 11.6 Å². The number of amides is 2. The second-order valence-electron chi connectivity index (χ2n) is 7.24. The Morgan fingerprint density at radius 2 is 1.48 bits per heavy atom. The predicted octanol–water partition coefficient (Wildman–Crippen LogP) is 5.12.